The largest absolute Gasteiger partial charge is 0.337 e. The number of rotatable bonds is 0. The Kier molecular flexibility index (Phi) is 5.75. The van der Waals surface area contributed by atoms with Crippen molar-refractivity contribution in [1.29, 1.82) is 0 Å². The van der Waals surface area contributed by atoms with Crippen molar-refractivity contribution in [3.63, 3.8) is 0 Å². The summed E-state index contributed by atoms with van der Waals surface area (Å²) in [6.45, 7) is 2.55. The molecule has 1 unspecified atom stereocenters. The van der Waals surface area contributed by atoms with Crippen molar-refractivity contribution in [2.75, 3.05) is 12.7 Å². The second-order valence-electron chi connectivity index (χ2n) is 1.96. The van der Waals surface area contributed by atoms with Gasteiger partial charge in [-0.3, -0.25) is 10.1 Å². The summed E-state index contributed by atoms with van der Waals surface area (Å²) in [6, 6.07) is -0.388. The number of carbonyl (C=O) groups excluding carboxylic acids is 2. The van der Waals surface area contributed by atoms with E-state index in [1.165, 1.54) is 6.16 Å². The zero-order valence-electron chi connectivity index (χ0n) is 6.52. The molecule has 1 rings (SSSR count). The molecular formula is C6H13N2O2P. The Bertz CT molecular complexity index is 136. The second-order valence-corrected chi connectivity index (χ2v) is 2.78. The van der Waals surface area contributed by atoms with Crippen molar-refractivity contribution in [2.45, 2.75) is 13.3 Å². The van der Waals surface area contributed by atoms with Gasteiger partial charge in [-0.15, -0.1) is 9.24 Å². The van der Waals surface area contributed by atoms with Gasteiger partial charge in [0.05, 0.1) is 0 Å². The maximum atomic E-state index is 10.3. The van der Waals surface area contributed by atoms with E-state index >= 15 is 0 Å². The highest BCUT2D eigenvalue weighted by atomic mass is 31.0. The minimum Gasteiger partial charge on any atom is -0.337 e. The standard InChI is InChI=1S/C4H6N2O2.C2H7P/c7-3-1-2-5-4(8)6-3;1-2-3/h1-2H2,(H2,5,6,7,8);2-3H2,1H3. The lowest BCUT2D eigenvalue weighted by Crippen LogP contribution is -2.46. The first-order valence-corrected chi connectivity index (χ1v) is 4.30. The highest BCUT2D eigenvalue weighted by molar-refractivity contribution is 7.16. The first-order valence-electron chi connectivity index (χ1n) is 3.48. The molecule has 2 N–H and O–H groups in total. The first kappa shape index (κ1) is 10.4. The Morgan fingerprint density at radius 2 is 2.09 bits per heavy atom. The molecule has 0 radical (unpaired) electrons. The molecule has 0 aromatic heterocycles. The number of hydrogen-bond donors (Lipinski definition) is 2. The van der Waals surface area contributed by atoms with Gasteiger partial charge in [0.2, 0.25) is 5.91 Å². The monoisotopic (exact) mass is 176 g/mol. The Labute approximate surface area is 68.3 Å². The molecule has 1 aliphatic rings. The van der Waals surface area contributed by atoms with Gasteiger partial charge in [-0.05, 0) is 6.16 Å². The third kappa shape index (κ3) is 5.80. The maximum absolute atomic E-state index is 10.3. The predicted octanol–water partition coefficient (Wildman–Crippen LogP) is 0.0973. The molecule has 5 heteroatoms. The Hall–Kier alpha value is -0.630. The van der Waals surface area contributed by atoms with Gasteiger partial charge in [-0.25, -0.2) is 4.79 Å². The Morgan fingerprint density at radius 3 is 2.36 bits per heavy atom. The van der Waals surface area contributed by atoms with Crippen LogP contribution in [0.4, 0.5) is 4.79 Å². The number of nitrogens with one attached hydrogen (secondary N) is 2. The normalized spacial score (nSPS) is 15.8. The summed E-state index contributed by atoms with van der Waals surface area (Å²) in [6.07, 6.45) is 1.56. The van der Waals surface area contributed by atoms with Crippen LogP contribution in [-0.2, 0) is 4.79 Å². The van der Waals surface area contributed by atoms with Crippen LogP contribution in [0.25, 0.3) is 0 Å². The Balaban J connectivity index is 0.000000292. The topological polar surface area (TPSA) is 58.2 Å². The van der Waals surface area contributed by atoms with Gasteiger partial charge in [0, 0.05) is 13.0 Å². The van der Waals surface area contributed by atoms with E-state index in [9.17, 15) is 9.59 Å². The van der Waals surface area contributed by atoms with E-state index in [0.717, 1.165) is 0 Å². The third-order valence-electron chi connectivity index (χ3n) is 0.891. The summed E-state index contributed by atoms with van der Waals surface area (Å²) in [5.41, 5.74) is 0. The average molecular weight is 176 g/mol. The lowest BCUT2D eigenvalue weighted by Gasteiger charge is -2.10. The lowest BCUT2D eigenvalue weighted by molar-refractivity contribution is -0.120. The van der Waals surface area contributed by atoms with Crippen molar-refractivity contribution in [1.82, 2.24) is 10.6 Å². The van der Waals surface area contributed by atoms with Crippen LogP contribution in [0.2, 0.25) is 0 Å². The summed E-state index contributed by atoms with van der Waals surface area (Å²) >= 11 is 0. The van der Waals surface area contributed by atoms with Crippen molar-refractivity contribution in [2.24, 2.45) is 0 Å². The zero-order valence-corrected chi connectivity index (χ0v) is 7.67. The van der Waals surface area contributed by atoms with Crippen LogP contribution >= 0.6 is 9.24 Å². The number of imide groups is 1. The minimum atomic E-state index is -0.388. The summed E-state index contributed by atoms with van der Waals surface area (Å²) < 4.78 is 0. The molecule has 0 spiro atoms. The van der Waals surface area contributed by atoms with Crippen molar-refractivity contribution >= 4 is 21.2 Å². The molecule has 0 saturated carbocycles. The van der Waals surface area contributed by atoms with Gasteiger partial charge in [-0.2, -0.15) is 0 Å². The lowest BCUT2D eigenvalue weighted by atomic mass is 10.3. The fraction of sp³-hybridized carbons (Fsp3) is 0.667. The van der Waals surface area contributed by atoms with Crippen LogP contribution in [-0.4, -0.2) is 24.6 Å². The van der Waals surface area contributed by atoms with Gasteiger partial charge in [0.15, 0.2) is 0 Å². The quantitative estimate of drug-likeness (QED) is 0.514. The fourth-order valence-corrected chi connectivity index (χ4v) is 0.523. The predicted molar refractivity (Wildman–Crippen MR) is 46.4 cm³/mol. The van der Waals surface area contributed by atoms with Crippen LogP contribution in [0.3, 0.4) is 0 Å². The van der Waals surface area contributed by atoms with Crippen molar-refractivity contribution in [3.05, 3.63) is 0 Å². The SMILES string of the molecule is CCP.O=C1CCNC(=O)N1. The van der Waals surface area contributed by atoms with E-state index in [4.69, 9.17) is 0 Å². The van der Waals surface area contributed by atoms with E-state index in [1.807, 2.05) is 0 Å². The van der Waals surface area contributed by atoms with Gasteiger partial charge in [-0.1, -0.05) is 6.92 Å². The molecule has 0 bridgehead atoms. The van der Waals surface area contributed by atoms with Crippen LogP contribution < -0.4 is 10.6 Å². The van der Waals surface area contributed by atoms with E-state index < -0.39 is 0 Å². The van der Waals surface area contributed by atoms with Gasteiger partial charge >= 0.3 is 6.03 Å². The molecule has 1 atom stereocenters. The van der Waals surface area contributed by atoms with Gasteiger partial charge < -0.3 is 5.32 Å². The van der Waals surface area contributed by atoms with Gasteiger partial charge in [0.1, 0.15) is 0 Å². The molecule has 3 amide bonds. The highest BCUT2D eigenvalue weighted by Gasteiger charge is 2.11. The smallest absolute Gasteiger partial charge is 0.321 e. The van der Waals surface area contributed by atoms with Crippen LogP contribution in [0.15, 0.2) is 0 Å². The Morgan fingerprint density at radius 1 is 1.55 bits per heavy atom. The molecule has 1 fully saturated rings. The molecule has 1 aliphatic heterocycles. The zero-order chi connectivity index (χ0) is 8.69. The number of carbonyl (C=O) groups is 2. The molecular weight excluding hydrogens is 163 g/mol. The van der Waals surface area contributed by atoms with E-state index in [0.29, 0.717) is 13.0 Å². The summed E-state index contributed by atoms with van der Waals surface area (Å²) in [5, 5.41) is 4.53. The van der Waals surface area contributed by atoms with E-state index in [1.54, 1.807) is 0 Å². The van der Waals surface area contributed by atoms with Crippen LogP contribution in [0.1, 0.15) is 13.3 Å². The van der Waals surface area contributed by atoms with Crippen LogP contribution in [0.5, 0.6) is 0 Å². The molecule has 1 heterocycles. The number of amides is 3. The third-order valence-corrected chi connectivity index (χ3v) is 0.891. The van der Waals surface area contributed by atoms with E-state index in [2.05, 4.69) is 26.8 Å². The highest BCUT2D eigenvalue weighted by Crippen LogP contribution is 1.82. The molecule has 1 saturated heterocycles. The fourth-order valence-electron chi connectivity index (χ4n) is 0.523. The van der Waals surface area contributed by atoms with Crippen molar-refractivity contribution in [3.8, 4) is 0 Å². The summed E-state index contributed by atoms with van der Waals surface area (Å²) in [4.78, 5) is 20.5. The minimum absolute atomic E-state index is 0.200. The first-order chi connectivity index (χ1) is 5.20. The van der Waals surface area contributed by atoms with Gasteiger partial charge in [0.25, 0.3) is 0 Å². The second kappa shape index (κ2) is 6.10. The molecule has 0 aromatic rings. The molecule has 0 aliphatic carbocycles. The van der Waals surface area contributed by atoms with Crippen molar-refractivity contribution < 1.29 is 9.59 Å². The number of hydrogen-bond acceptors (Lipinski definition) is 2. The molecule has 64 valence electrons. The molecule has 0 aromatic carbocycles. The van der Waals surface area contributed by atoms with E-state index in [-0.39, 0.29) is 11.9 Å². The summed E-state index contributed by atoms with van der Waals surface area (Å²) in [5.74, 6) is -0.200. The average Bonchev–Trinajstić information content (AvgIpc) is 1.88. The van der Waals surface area contributed by atoms with Crippen LogP contribution in [0, 0.1) is 0 Å². The maximum Gasteiger partial charge on any atom is 0.321 e. The molecule has 11 heavy (non-hydrogen) atoms. The summed E-state index contributed by atoms with van der Waals surface area (Å²) in [7, 11) is 2.58. The molecule has 4 nitrogen and oxygen atoms in total. The number of urea groups is 1.